The monoisotopic (exact) mass is 376 g/mol. The standard InChI is InChI=1S/C19H28N4O2S/c1-19(9-5-12-26-19)14-22-18(20-2)21-10-6-11-23-15-7-3-4-8-16(15)25-13-17(23)24/h3-4,7-8H,5-6,9-14H2,1-2H3,(H2,20,21,22). The second kappa shape index (κ2) is 8.66. The number of hydrogen-bond donors (Lipinski definition) is 2. The second-order valence-corrected chi connectivity index (χ2v) is 8.59. The van der Waals surface area contributed by atoms with Gasteiger partial charge in [-0.3, -0.25) is 9.79 Å². The molecule has 1 aromatic carbocycles. The summed E-state index contributed by atoms with van der Waals surface area (Å²) in [6.07, 6.45) is 3.39. The SMILES string of the molecule is CN=C(NCCCN1C(=O)COc2ccccc21)NCC1(C)CCCS1. The van der Waals surface area contributed by atoms with Crippen LogP contribution in [0, 0.1) is 0 Å². The number of para-hydroxylation sites is 2. The molecule has 2 N–H and O–H groups in total. The molecule has 0 aliphatic carbocycles. The Morgan fingerprint density at radius 3 is 3.00 bits per heavy atom. The summed E-state index contributed by atoms with van der Waals surface area (Å²) in [6.45, 7) is 4.77. The molecule has 1 amide bonds. The third-order valence-electron chi connectivity index (χ3n) is 4.81. The van der Waals surface area contributed by atoms with Gasteiger partial charge >= 0.3 is 0 Å². The van der Waals surface area contributed by atoms with Crippen molar-refractivity contribution in [1.29, 1.82) is 0 Å². The maximum absolute atomic E-state index is 12.2. The van der Waals surface area contributed by atoms with Crippen LogP contribution in [-0.4, -0.2) is 55.7 Å². The summed E-state index contributed by atoms with van der Waals surface area (Å²) in [5.74, 6) is 2.86. The van der Waals surface area contributed by atoms with E-state index in [2.05, 4.69) is 22.5 Å². The number of fused-ring (bicyclic) bond motifs is 1. The number of amides is 1. The number of nitrogens with one attached hydrogen (secondary N) is 2. The van der Waals surface area contributed by atoms with Crippen LogP contribution in [0.1, 0.15) is 26.2 Å². The maximum Gasteiger partial charge on any atom is 0.265 e. The van der Waals surface area contributed by atoms with E-state index >= 15 is 0 Å². The summed E-state index contributed by atoms with van der Waals surface area (Å²) in [5.41, 5.74) is 0.859. The number of guanidine groups is 1. The van der Waals surface area contributed by atoms with Crippen LogP contribution < -0.4 is 20.3 Å². The fourth-order valence-corrected chi connectivity index (χ4v) is 4.56. The van der Waals surface area contributed by atoms with Crippen LogP contribution in [0.25, 0.3) is 0 Å². The Morgan fingerprint density at radius 2 is 2.23 bits per heavy atom. The topological polar surface area (TPSA) is 66.0 Å². The van der Waals surface area contributed by atoms with Crippen LogP contribution in [0.15, 0.2) is 29.3 Å². The van der Waals surface area contributed by atoms with Crippen molar-refractivity contribution in [3.05, 3.63) is 24.3 Å². The van der Waals surface area contributed by atoms with Crippen molar-refractivity contribution in [3.8, 4) is 5.75 Å². The van der Waals surface area contributed by atoms with E-state index in [0.29, 0.717) is 11.3 Å². The average Bonchev–Trinajstić information content (AvgIpc) is 3.09. The lowest BCUT2D eigenvalue weighted by Gasteiger charge is -2.29. The average molecular weight is 377 g/mol. The molecule has 6 nitrogen and oxygen atoms in total. The quantitative estimate of drug-likeness (QED) is 0.453. The number of thioether (sulfide) groups is 1. The van der Waals surface area contributed by atoms with Crippen molar-refractivity contribution in [2.45, 2.75) is 30.9 Å². The maximum atomic E-state index is 12.2. The van der Waals surface area contributed by atoms with Gasteiger partial charge in [0.1, 0.15) is 5.75 Å². The summed E-state index contributed by atoms with van der Waals surface area (Å²) in [5, 5.41) is 6.78. The smallest absolute Gasteiger partial charge is 0.265 e. The highest BCUT2D eigenvalue weighted by Crippen LogP contribution is 2.36. The molecule has 2 heterocycles. The Bertz CT molecular complexity index is 659. The van der Waals surface area contributed by atoms with Gasteiger partial charge in [0.15, 0.2) is 12.6 Å². The molecule has 1 atom stereocenters. The van der Waals surface area contributed by atoms with E-state index in [1.807, 2.05) is 40.9 Å². The lowest BCUT2D eigenvalue weighted by Crippen LogP contribution is -2.45. The largest absolute Gasteiger partial charge is 0.482 e. The zero-order chi connectivity index (χ0) is 18.4. The Kier molecular flexibility index (Phi) is 6.29. The van der Waals surface area contributed by atoms with Gasteiger partial charge in [-0.2, -0.15) is 11.8 Å². The molecular weight excluding hydrogens is 348 g/mol. The molecule has 3 rings (SSSR count). The van der Waals surface area contributed by atoms with Crippen LogP contribution in [0.2, 0.25) is 0 Å². The number of ether oxygens (including phenoxy) is 1. The first kappa shape index (κ1) is 18.9. The van der Waals surface area contributed by atoms with Crippen molar-refractivity contribution >= 4 is 29.3 Å². The third kappa shape index (κ3) is 4.63. The number of hydrogen-bond acceptors (Lipinski definition) is 4. The van der Waals surface area contributed by atoms with Gasteiger partial charge in [-0.05, 0) is 44.1 Å². The van der Waals surface area contributed by atoms with Crippen LogP contribution in [0.4, 0.5) is 5.69 Å². The summed E-state index contributed by atoms with van der Waals surface area (Å²) in [4.78, 5) is 18.3. The molecule has 0 aromatic heterocycles. The first-order chi connectivity index (χ1) is 12.6. The van der Waals surface area contributed by atoms with Gasteiger partial charge in [0.05, 0.1) is 5.69 Å². The minimum absolute atomic E-state index is 0.0115. The van der Waals surface area contributed by atoms with Crippen molar-refractivity contribution in [2.75, 3.05) is 43.9 Å². The fourth-order valence-electron chi connectivity index (χ4n) is 3.31. The number of rotatable bonds is 6. The van der Waals surface area contributed by atoms with Crippen molar-refractivity contribution in [2.24, 2.45) is 4.99 Å². The molecule has 0 radical (unpaired) electrons. The molecule has 1 saturated heterocycles. The van der Waals surface area contributed by atoms with Crippen LogP contribution in [0.3, 0.4) is 0 Å². The molecule has 0 bridgehead atoms. The molecule has 26 heavy (non-hydrogen) atoms. The van der Waals surface area contributed by atoms with Gasteiger partial charge in [0.25, 0.3) is 5.91 Å². The van der Waals surface area contributed by atoms with Crippen molar-refractivity contribution in [1.82, 2.24) is 10.6 Å². The van der Waals surface area contributed by atoms with Gasteiger partial charge in [-0.1, -0.05) is 12.1 Å². The number of carbonyl (C=O) groups excluding carboxylic acids is 1. The lowest BCUT2D eigenvalue weighted by molar-refractivity contribution is -0.121. The number of anilines is 1. The predicted molar refractivity (Wildman–Crippen MR) is 108 cm³/mol. The van der Waals surface area contributed by atoms with E-state index in [1.54, 1.807) is 7.05 Å². The Hall–Kier alpha value is -1.89. The molecule has 1 aromatic rings. The number of aliphatic imine (C=N–C) groups is 1. The van der Waals surface area contributed by atoms with E-state index < -0.39 is 0 Å². The number of benzene rings is 1. The molecule has 1 fully saturated rings. The number of carbonyl (C=O) groups is 1. The predicted octanol–water partition coefficient (Wildman–Crippen LogP) is 2.25. The van der Waals surface area contributed by atoms with Gasteiger partial charge < -0.3 is 20.3 Å². The summed E-state index contributed by atoms with van der Waals surface area (Å²) in [6, 6.07) is 7.69. The molecule has 7 heteroatoms. The highest BCUT2D eigenvalue weighted by molar-refractivity contribution is 8.00. The van der Waals surface area contributed by atoms with Crippen molar-refractivity contribution in [3.63, 3.8) is 0 Å². The summed E-state index contributed by atoms with van der Waals surface area (Å²) in [7, 11) is 1.79. The van der Waals surface area contributed by atoms with E-state index in [0.717, 1.165) is 36.9 Å². The highest BCUT2D eigenvalue weighted by Gasteiger charge is 2.29. The Morgan fingerprint density at radius 1 is 1.38 bits per heavy atom. The van der Waals surface area contributed by atoms with Crippen molar-refractivity contribution < 1.29 is 9.53 Å². The Labute approximate surface area is 159 Å². The highest BCUT2D eigenvalue weighted by atomic mass is 32.2. The number of nitrogens with zero attached hydrogens (tertiary/aromatic N) is 2. The molecule has 2 aliphatic rings. The molecular formula is C19H28N4O2S. The summed E-state index contributed by atoms with van der Waals surface area (Å²) >= 11 is 2.04. The van der Waals surface area contributed by atoms with Crippen LogP contribution in [0.5, 0.6) is 5.75 Å². The van der Waals surface area contributed by atoms with E-state index in [9.17, 15) is 4.79 Å². The normalized spacial score (nSPS) is 22.8. The van der Waals surface area contributed by atoms with Gasteiger partial charge in [-0.15, -0.1) is 0 Å². The van der Waals surface area contributed by atoms with E-state index in [-0.39, 0.29) is 12.5 Å². The molecule has 0 spiro atoms. The molecule has 0 saturated carbocycles. The van der Waals surface area contributed by atoms with Crippen LogP contribution >= 0.6 is 11.8 Å². The van der Waals surface area contributed by atoms with Gasteiger partial charge in [0.2, 0.25) is 0 Å². The minimum Gasteiger partial charge on any atom is -0.482 e. The first-order valence-electron chi connectivity index (χ1n) is 9.22. The summed E-state index contributed by atoms with van der Waals surface area (Å²) < 4.78 is 5.79. The molecule has 142 valence electrons. The molecule has 1 unspecified atom stereocenters. The van der Waals surface area contributed by atoms with Gasteiger partial charge in [0, 0.05) is 31.4 Å². The first-order valence-corrected chi connectivity index (χ1v) is 10.2. The van der Waals surface area contributed by atoms with Crippen LogP contribution in [-0.2, 0) is 4.79 Å². The van der Waals surface area contributed by atoms with Gasteiger partial charge in [-0.25, -0.2) is 0 Å². The van der Waals surface area contributed by atoms with E-state index in [4.69, 9.17) is 4.74 Å². The minimum atomic E-state index is 0.0115. The third-order valence-corrected chi connectivity index (χ3v) is 6.35. The Balaban J connectivity index is 1.44. The zero-order valence-corrected chi connectivity index (χ0v) is 16.4. The van der Waals surface area contributed by atoms with E-state index in [1.165, 1.54) is 18.6 Å². The second-order valence-electron chi connectivity index (χ2n) is 6.91. The zero-order valence-electron chi connectivity index (χ0n) is 15.6. The fraction of sp³-hybridized carbons (Fsp3) is 0.579. The molecule has 2 aliphatic heterocycles. The lowest BCUT2D eigenvalue weighted by atomic mass is 10.1.